The molecule has 4 heteroatoms. The molecule has 0 bridgehead atoms. The van der Waals surface area contributed by atoms with Crippen LogP contribution in [0.2, 0.25) is 5.02 Å². The van der Waals surface area contributed by atoms with Gasteiger partial charge in [-0.2, -0.15) is 0 Å². The van der Waals surface area contributed by atoms with Crippen LogP contribution >= 0.6 is 11.6 Å². The van der Waals surface area contributed by atoms with Crippen LogP contribution < -0.4 is 0 Å². The van der Waals surface area contributed by atoms with Crippen molar-refractivity contribution in [3.63, 3.8) is 0 Å². The van der Waals surface area contributed by atoms with E-state index in [1.54, 1.807) is 18.3 Å². The summed E-state index contributed by atoms with van der Waals surface area (Å²) in [4.78, 5) is 7.17. The van der Waals surface area contributed by atoms with Crippen molar-refractivity contribution >= 4 is 11.6 Å². The SMILES string of the molecule is Cc1cnc(-c2ccc(F)c(Cl)c2)[nH]1. The third-order valence-corrected chi connectivity index (χ3v) is 2.19. The lowest BCUT2D eigenvalue weighted by atomic mass is 10.2. The van der Waals surface area contributed by atoms with Crippen LogP contribution in [0, 0.1) is 12.7 Å². The molecule has 1 heterocycles. The predicted octanol–water partition coefficient (Wildman–Crippen LogP) is 3.18. The molecule has 0 saturated carbocycles. The summed E-state index contributed by atoms with van der Waals surface area (Å²) in [6, 6.07) is 4.52. The fourth-order valence-electron chi connectivity index (χ4n) is 1.20. The van der Waals surface area contributed by atoms with E-state index < -0.39 is 5.82 Å². The van der Waals surface area contributed by atoms with E-state index in [0.29, 0.717) is 5.82 Å². The molecule has 0 amide bonds. The molecule has 72 valence electrons. The Kier molecular flexibility index (Phi) is 2.25. The molecule has 0 fully saturated rings. The zero-order valence-electron chi connectivity index (χ0n) is 7.51. The highest BCUT2D eigenvalue weighted by atomic mass is 35.5. The standard InChI is InChI=1S/C10H8ClFN2/c1-6-5-13-10(14-6)7-2-3-9(12)8(11)4-7/h2-5H,1H3,(H,13,14). The van der Waals surface area contributed by atoms with Crippen LogP contribution in [0.4, 0.5) is 4.39 Å². The number of aromatic nitrogens is 2. The van der Waals surface area contributed by atoms with Gasteiger partial charge in [-0.25, -0.2) is 9.37 Å². The van der Waals surface area contributed by atoms with Gasteiger partial charge in [0.15, 0.2) is 0 Å². The summed E-state index contributed by atoms with van der Waals surface area (Å²) in [5.41, 5.74) is 1.74. The second-order valence-electron chi connectivity index (χ2n) is 3.04. The fourth-order valence-corrected chi connectivity index (χ4v) is 1.38. The molecule has 0 unspecified atom stereocenters. The van der Waals surface area contributed by atoms with Gasteiger partial charge in [-0.05, 0) is 25.1 Å². The predicted molar refractivity (Wildman–Crippen MR) is 53.7 cm³/mol. The molecule has 1 aromatic heterocycles. The zero-order valence-corrected chi connectivity index (χ0v) is 8.27. The monoisotopic (exact) mass is 210 g/mol. The van der Waals surface area contributed by atoms with Gasteiger partial charge in [0.25, 0.3) is 0 Å². The third kappa shape index (κ3) is 1.63. The zero-order chi connectivity index (χ0) is 10.1. The van der Waals surface area contributed by atoms with E-state index in [1.165, 1.54) is 6.07 Å². The van der Waals surface area contributed by atoms with E-state index in [4.69, 9.17) is 11.6 Å². The van der Waals surface area contributed by atoms with Gasteiger partial charge in [0, 0.05) is 17.5 Å². The first-order chi connectivity index (χ1) is 6.66. The number of hydrogen-bond donors (Lipinski definition) is 1. The number of hydrogen-bond acceptors (Lipinski definition) is 1. The number of H-pyrrole nitrogens is 1. The molecule has 0 aliphatic rings. The Hall–Kier alpha value is -1.35. The molecule has 2 nitrogen and oxygen atoms in total. The molecule has 0 spiro atoms. The number of rotatable bonds is 1. The topological polar surface area (TPSA) is 28.7 Å². The molecule has 2 rings (SSSR count). The van der Waals surface area contributed by atoms with Gasteiger partial charge in [0.2, 0.25) is 0 Å². The Bertz CT molecular complexity index is 465. The molecule has 0 radical (unpaired) electrons. The number of nitrogens with zero attached hydrogens (tertiary/aromatic N) is 1. The summed E-state index contributed by atoms with van der Waals surface area (Å²) in [6.07, 6.45) is 1.71. The highest BCUT2D eigenvalue weighted by Gasteiger charge is 2.05. The van der Waals surface area contributed by atoms with E-state index in [1.807, 2.05) is 6.92 Å². The van der Waals surface area contributed by atoms with Crippen LogP contribution in [-0.4, -0.2) is 9.97 Å². The smallest absolute Gasteiger partial charge is 0.141 e. The summed E-state index contributed by atoms with van der Waals surface area (Å²) >= 11 is 5.65. The van der Waals surface area contributed by atoms with Crippen LogP contribution in [0.5, 0.6) is 0 Å². The first kappa shape index (κ1) is 9.21. The summed E-state index contributed by atoms with van der Waals surface area (Å²) < 4.78 is 12.9. The molecule has 1 N–H and O–H groups in total. The number of imidazole rings is 1. The van der Waals surface area contributed by atoms with Crippen molar-refractivity contribution in [1.82, 2.24) is 9.97 Å². The summed E-state index contributed by atoms with van der Waals surface area (Å²) in [7, 11) is 0. The van der Waals surface area contributed by atoms with Gasteiger partial charge in [-0.15, -0.1) is 0 Å². The molecular weight excluding hydrogens is 203 g/mol. The van der Waals surface area contributed by atoms with Crippen molar-refractivity contribution in [2.75, 3.05) is 0 Å². The minimum Gasteiger partial charge on any atom is -0.342 e. The van der Waals surface area contributed by atoms with Crippen molar-refractivity contribution in [1.29, 1.82) is 0 Å². The molecule has 0 atom stereocenters. The van der Waals surface area contributed by atoms with Crippen molar-refractivity contribution in [3.8, 4) is 11.4 Å². The number of halogens is 2. The third-order valence-electron chi connectivity index (χ3n) is 1.90. The maximum Gasteiger partial charge on any atom is 0.141 e. The normalized spacial score (nSPS) is 10.5. The largest absolute Gasteiger partial charge is 0.342 e. The fraction of sp³-hybridized carbons (Fsp3) is 0.100. The van der Waals surface area contributed by atoms with Gasteiger partial charge in [0.05, 0.1) is 5.02 Å². The molecule has 0 saturated heterocycles. The van der Waals surface area contributed by atoms with Crippen LogP contribution in [0.3, 0.4) is 0 Å². The Labute approximate surface area is 85.8 Å². The second kappa shape index (κ2) is 3.42. The average molecular weight is 211 g/mol. The summed E-state index contributed by atoms with van der Waals surface area (Å²) in [5.74, 6) is 0.281. The molecule has 0 aliphatic carbocycles. The van der Waals surface area contributed by atoms with Gasteiger partial charge in [0.1, 0.15) is 11.6 Å². The van der Waals surface area contributed by atoms with Gasteiger partial charge < -0.3 is 4.98 Å². The Morgan fingerprint density at radius 3 is 2.79 bits per heavy atom. The van der Waals surface area contributed by atoms with Crippen molar-refractivity contribution < 1.29 is 4.39 Å². The lowest BCUT2D eigenvalue weighted by molar-refractivity contribution is 0.628. The first-order valence-corrected chi connectivity index (χ1v) is 4.51. The summed E-state index contributed by atoms with van der Waals surface area (Å²) in [6.45, 7) is 1.90. The van der Waals surface area contributed by atoms with Crippen LogP contribution in [0.1, 0.15) is 5.69 Å². The van der Waals surface area contributed by atoms with E-state index in [2.05, 4.69) is 9.97 Å². The van der Waals surface area contributed by atoms with E-state index in [9.17, 15) is 4.39 Å². The van der Waals surface area contributed by atoms with E-state index in [-0.39, 0.29) is 5.02 Å². The average Bonchev–Trinajstić information content (AvgIpc) is 2.57. The number of nitrogens with one attached hydrogen (secondary N) is 1. The minimum atomic E-state index is -0.418. The van der Waals surface area contributed by atoms with Crippen molar-refractivity contribution in [2.45, 2.75) is 6.92 Å². The quantitative estimate of drug-likeness (QED) is 0.770. The maximum absolute atomic E-state index is 12.9. The van der Waals surface area contributed by atoms with Crippen LogP contribution in [0.25, 0.3) is 11.4 Å². The Balaban J connectivity index is 2.47. The van der Waals surface area contributed by atoms with Crippen molar-refractivity contribution in [3.05, 3.63) is 40.9 Å². The molecule has 14 heavy (non-hydrogen) atoms. The van der Waals surface area contributed by atoms with E-state index in [0.717, 1.165) is 11.3 Å². The number of aryl methyl sites for hydroxylation is 1. The molecule has 2 aromatic rings. The Morgan fingerprint density at radius 2 is 2.21 bits per heavy atom. The van der Waals surface area contributed by atoms with Gasteiger partial charge in [-0.3, -0.25) is 0 Å². The van der Waals surface area contributed by atoms with Gasteiger partial charge >= 0.3 is 0 Å². The lowest BCUT2D eigenvalue weighted by Gasteiger charge is -1.98. The number of aromatic amines is 1. The molecule has 0 aliphatic heterocycles. The lowest BCUT2D eigenvalue weighted by Crippen LogP contribution is -1.83. The van der Waals surface area contributed by atoms with Gasteiger partial charge in [-0.1, -0.05) is 11.6 Å². The Morgan fingerprint density at radius 1 is 1.43 bits per heavy atom. The van der Waals surface area contributed by atoms with E-state index >= 15 is 0 Å². The number of benzene rings is 1. The maximum atomic E-state index is 12.9. The molecule has 1 aromatic carbocycles. The van der Waals surface area contributed by atoms with Crippen molar-refractivity contribution in [2.24, 2.45) is 0 Å². The highest BCUT2D eigenvalue weighted by molar-refractivity contribution is 6.31. The minimum absolute atomic E-state index is 0.108. The first-order valence-electron chi connectivity index (χ1n) is 4.14. The van der Waals surface area contributed by atoms with Crippen LogP contribution in [-0.2, 0) is 0 Å². The highest BCUT2D eigenvalue weighted by Crippen LogP contribution is 2.22. The molecular formula is C10H8ClFN2. The van der Waals surface area contributed by atoms with Crippen LogP contribution in [0.15, 0.2) is 24.4 Å². The summed E-state index contributed by atoms with van der Waals surface area (Å²) in [5, 5.41) is 0.108. The second-order valence-corrected chi connectivity index (χ2v) is 3.45.